The highest BCUT2D eigenvalue weighted by Gasteiger charge is 2.28. The summed E-state index contributed by atoms with van der Waals surface area (Å²) in [6.45, 7) is 5.59. The van der Waals surface area contributed by atoms with E-state index in [1.165, 1.54) is 6.33 Å². The Morgan fingerprint density at radius 2 is 1.90 bits per heavy atom. The van der Waals surface area contributed by atoms with E-state index in [2.05, 4.69) is 15.3 Å². The Labute approximate surface area is 175 Å². The molecule has 0 saturated carbocycles. The van der Waals surface area contributed by atoms with Gasteiger partial charge in [0.15, 0.2) is 11.6 Å². The van der Waals surface area contributed by atoms with Gasteiger partial charge in [0.05, 0.1) is 24.7 Å². The molecule has 160 valence electrons. The summed E-state index contributed by atoms with van der Waals surface area (Å²) in [6.07, 6.45) is 2.82. The first-order valence-electron chi connectivity index (χ1n) is 10.1. The highest BCUT2D eigenvalue weighted by atomic mass is 16.5. The minimum absolute atomic E-state index is 0.0903. The summed E-state index contributed by atoms with van der Waals surface area (Å²) >= 11 is 0. The van der Waals surface area contributed by atoms with Crippen LogP contribution in [0.5, 0.6) is 0 Å². The molecule has 3 N–H and O–H groups in total. The zero-order chi connectivity index (χ0) is 21.5. The minimum atomic E-state index is -0.387. The number of nitrogens with two attached hydrogens (primary N) is 1. The first-order chi connectivity index (χ1) is 14.5. The lowest BCUT2D eigenvalue weighted by Crippen LogP contribution is -2.37. The lowest BCUT2D eigenvalue weighted by Gasteiger charge is -2.32. The maximum atomic E-state index is 12.0. The summed E-state index contributed by atoms with van der Waals surface area (Å²) in [6, 6.07) is 6.94. The first kappa shape index (κ1) is 21.4. The molecule has 30 heavy (non-hydrogen) atoms. The van der Waals surface area contributed by atoms with Crippen LogP contribution in [0.3, 0.4) is 0 Å². The van der Waals surface area contributed by atoms with E-state index in [1.54, 1.807) is 25.1 Å². The SMILES string of the molecule is CCOC(=O)c1cccc(Nc2ncnc(N3CCC(C(=O)OCC)CC3)c2N)c1. The lowest BCUT2D eigenvalue weighted by molar-refractivity contribution is -0.148. The van der Waals surface area contributed by atoms with Crippen molar-refractivity contribution in [2.45, 2.75) is 26.7 Å². The van der Waals surface area contributed by atoms with Crippen LogP contribution in [0.4, 0.5) is 23.0 Å². The largest absolute Gasteiger partial charge is 0.466 e. The summed E-state index contributed by atoms with van der Waals surface area (Å²) < 4.78 is 10.2. The third-order valence-corrected chi connectivity index (χ3v) is 4.91. The van der Waals surface area contributed by atoms with Crippen molar-refractivity contribution in [2.24, 2.45) is 5.92 Å². The molecule has 1 aliphatic heterocycles. The quantitative estimate of drug-likeness (QED) is 0.660. The van der Waals surface area contributed by atoms with E-state index in [4.69, 9.17) is 15.2 Å². The Morgan fingerprint density at radius 1 is 1.17 bits per heavy atom. The van der Waals surface area contributed by atoms with E-state index >= 15 is 0 Å². The molecular weight excluding hydrogens is 386 g/mol. The van der Waals surface area contributed by atoms with Crippen LogP contribution in [-0.4, -0.2) is 48.2 Å². The number of benzene rings is 1. The third kappa shape index (κ3) is 4.97. The Bertz CT molecular complexity index is 897. The lowest BCUT2D eigenvalue weighted by atomic mass is 9.97. The molecule has 0 atom stereocenters. The topological polar surface area (TPSA) is 120 Å². The molecule has 2 heterocycles. The van der Waals surface area contributed by atoms with Crippen molar-refractivity contribution in [3.63, 3.8) is 0 Å². The molecule has 1 fully saturated rings. The average Bonchev–Trinajstić information content (AvgIpc) is 2.76. The molecule has 9 heteroatoms. The summed E-state index contributed by atoms with van der Waals surface area (Å²) in [7, 11) is 0. The maximum absolute atomic E-state index is 12.0. The molecule has 1 saturated heterocycles. The van der Waals surface area contributed by atoms with Crippen molar-refractivity contribution in [2.75, 3.05) is 42.3 Å². The Kier molecular flexibility index (Phi) is 7.05. The highest BCUT2D eigenvalue weighted by molar-refractivity contribution is 5.91. The molecule has 0 spiro atoms. The number of nitrogen functional groups attached to an aromatic ring is 1. The summed E-state index contributed by atoms with van der Waals surface area (Å²) in [4.78, 5) is 34.5. The number of ether oxygens (including phenoxy) is 2. The van der Waals surface area contributed by atoms with Gasteiger partial charge in [-0.2, -0.15) is 0 Å². The fourth-order valence-electron chi connectivity index (χ4n) is 3.40. The van der Waals surface area contributed by atoms with Gasteiger partial charge < -0.3 is 25.4 Å². The zero-order valence-electron chi connectivity index (χ0n) is 17.3. The van der Waals surface area contributed by atoms with Crippen LogP contribution >= 0.6 is 0 Å². The zero-order valence-corrected chi connectivity index (χ0v) is 17.3. The van der Waals surface area contributed by atoms with E-state index in [-0.39, 0.29) is 17.9 Å². The summed E-state index contributed by atoms with van der Waals surface area (Å²) in [5.41, 5.74) is 7.85. The Hall–Kier alpha value is -3.36. The van der Waals surface area contributed by atoms with Crippen molar-refractivity contribution in [3.05, 3.63) is 36.2 Å². The van der Waals surface area contributed by atoms with Gasteiger partial charge in [-0.1, -0.05) is 6.07 Å². The number of nitrogens with one attached hydrogen (secondary N) is 1. The first-order valence-corrected chi connectivity index (χ1v) is 10.1. The number of carbonyl (C=O) groups excluding carboxylic acids is 2. The number of anilines is 4. The summed E-state index contributed by atoms with van der Waals surface area (Å²) in [5.74, 6) is 0.455. The normalized spacial score (nSPS) is 14.3. The molecule has 2 aromatic rings. The van der Waals surface area contributed by atoms with Crippen molar-refractivity contribution < 1.29 is 19.1 Å². The number of esters is 2. The minimum Gasteiger partial charge on any atom is -0.466 e. The van der Waals surface area contributed by atoms with E-state index in [1.807, 2.05) is 17.9 Å². The second kappa shape index (κ2) is 9.91. The second-order valence-electron chi connectivity index (χ2n) is 6.90. The molecule has 1 aliphatic rings. The molecule has 9 nitrogen and oxygen atoms in total. The maximum Gasteiger partial charge on any atom is 0.338 e. The van der Waals surface area contributed by atoms with Crippen molar-refractivity contribution >= 4 is 34.9 Å². The Morgan fingerprint density at radius 3 is 2.60 bits per heavy atom. The Balaban J connectivity index is 1.71. The molecule has 3 rings (SSSR count). The van der Waals surface area contributed by atoms with Crippen LogP contribution in [0.1, 0.15) is 37.0 Å². The number of aromatic nitrogens is 2. The summed E-state index contributed by atoms with van der Waals surface area (Å²) in [5, 5.41) is 3.15. The van der Waals surface area contributed by atoms with Crippen molar-refractivity contribution in [1.82, 2.24) is 9.97 Å². The number of hydrogen-bond acceptors (Lipinski definition) is 9. The van der Waals surface area contributed by atoms with Gasteiger partial charge in [-0.05, 0) is 44.9 Å². The van der Waals surface area contributed by atoms with Crippen LogP contribution in [0.15, 0.2) is 30.6 Å². The van der Waals surface area contributed by atoms with Gasteiger partial charge in [0.25, 0.3) is 0 Å². The molecule has 0 aliphatic carbocycles. The molecule has 0 unspecified atom stereocenters. The number of carbonyl (C=O) groups is 2. The molecule has 0 amide bonds. The van der Waals surface area contributed by atoms with Gasteiger partial charge >= 0.3 is 11.9 Å². The van der Waals surface area contributed by atoms with Crippen LogP contribution < -0.4 is 16.0 Å². The molecule has 1 aromatic heterocycles. The van der Waals surface area contributed by atoms with Gasteiger partial charge in [0, 0.05) is 18.8 Å². The van der Waals surface area contributed by atoms with Gasteiger partial charge in [0.1, 0.15) is 12.0 Å². The number of piperidine rings is 1. The smallest absolute Gasteiger partial charge is 0.338 e. The van der Waals surface area contributed by atoms with Crippen molar-refractivity contribution in [1.29, 1.82) is 0 Å². The van der Waals surface area contributed by atoms with Crippen LogP contribution in [0, 0.1) is 5.92 Å². The predicted octanol–water partition coefficient (Wildman–Crippen LogP) is 2.76. The standard InChI is InChI=1S/C21H27N5O4/c1-3-29-20(27)14-8-10-26(11-9-14)19-17(22)18(23-13-24-19)25-16-7-5-6-15(12-16)21(28)30-4-2/h5-7,12-14H,3-4,8-11,22H2,1-2H3,(H,23,24,25). The second-order valence-corrected chi connectivity index (χ2v) is 6.90. The van der Waals surface area contributed by atoms with E-state index in [0.717, 1.165) is 0 Å². The van der Waals surface area contributed by atoms with Crippen molar-refractivity contribution in [3.8, 4) is 0 Å². The average molecular weight is 413 g/mol. The molecule has 0 radical (unpaired) electrons. The molecular formula is C21H27N5O4. The van der Waals surface area contributed by atoms with Gasteiger partial charge in [-0.15, -0.1) is 0 Å². The third-order valence-electron chi connectivity index (χ3n) is 4.91. The number of nitrogens with zero attached hydrogens (tertiary/aromatic N) is 3. The predicted molar refractivity (Wildman–Crippen MR) is 114 cm³/mol. The van der Waals surface area contributed by atoms with E-state index in [9.17, 15) is 9.59 Å². The van der Waals surface area contributed by atoms with Crippen LogP contribution in [-0.2, 0) is 14.3 Å². The van der Waals surface area contributed by atoms with Crippen LogP contribution in [0.25, 0.3) is 0 Å². The van der Waals surface area contributed by atoms with Crippen LogP contribution in [0.2, 0.25) is 0 Å². The fourth-order valence-corrected chi connectivity index (χ4v) is 3.40. The fraction of sp³-hybridized carbons (Fsp3) is 0.429. The van der Waals surface area contributed by atoms with Gasteiger partial charge in [-0.3, -0.25) is 4.79 Å². The molecule has 0 bridgehead atoms. The monoisotopic (exact) mass is 413 g/mol. The number of hydrogen-bond donors (Lipinski definition) is 2. The van der Waals surface area contributed by atoms with Gasteiger partial charge in [-0.25, -0.2) is 14.8 Å². The molecule has 1 aromatic carbocycles. The highest BCUT2D eigenvalue weighted by Crippen LogP contribution is 2.31. The van der Waals surface area contributed by atoms with E-state index in [0.29, 0.717) is 67.7 Å². The van der Waals surface area contributed by atoms with E-state index < -0.39 is 0 Å². The van der Waals surface area contributed by atoms with Gasteiger partial charge in [0.2, 0.25) is 0 Å². The number of rotatable bonds is 7.